The van der Waals surface area contributed by atoms with Gasteiger partial charge in [-0.15, -0.1) is 0 Å². The molecule has 1 amide bonds. The SMILES string of the molecule is COc1cc(/C=C2\SC(=S)N(c3ccc(Cl)c(Cl)c3)C2=O)cc(Br)c1OCc1cccc(F)c1. The minimum atomic E-state index is -0.333. The minimum absolute atomic E-state index is 0.161. The van der Waals surface area contributed by atoms with E-state index in [1.807, 2.05) is 0 Å². The second kappa shape index (κ2) is 10.7. The average molecular weight is 599 g/mol. The number of nitrogens with zero attached hydrogens (tertiary/aromatic N) is 1. The van der Waals surface area contributed by atoms with Gasteiger partial charge in [0.15, 0.2) is 15.8 Å². The molecule has 0 aromatic heterocycles. The molecule has 0 unspecified atom stereocenters. The van der Waals surface area contributed by atoms with Crippen molar-refractivity contribution in [3.63, 3.8) is 0 Å². The summed E-state index contributed by atoms with van der Waals surface area (Å²) >= 11 is 22.2. The van der Waals surface area contributed by atoms with Crippen molar-refractivity contribution in [1.82, 2.24) is 0 Å². The molecule has 3 aromatic carbocycles. The highest BCUT2D eigenvalue weighted by molar-refractivity contribution is 9.10. The zero-order valence-electron chi connectivity index (χ0n) is 17.5. The quantitative estimate of drug-likeness (QED) is 0.213. The van der Waals surface area contributed by atoms with Crippen LogP contribution in [0.4, 0.5) is 10.1 Å². The van der Waals surface area contributed by atoms with Crippen molar-refractivity contribution < 1.29 is 18.7 Å². The standard InChI is InChI=1S/C24H15BrCl2FNO3S2/c1-31-20-9-14(8-17(25)22(20)32-12-13-3-2-4-15(28)7-13)10-21-23(30)29(24(33)34-21)16-5-6-18(26)19(27)11-16/h2-11H,12H2,1H3/b21-10-. The summed E-state index contributed by atoms with van der Waals surface area (Å²) in [5.74, 6) is 0.319. The molecule has 1 fully saturated rings. The van der Waals surface area contributed by atoms with Crippen molar-refractivity contribution in [2.24, 2.45) is 0 Å². The lowest BCUT2D eigenvalue weighted by atomic mass is 10.1. The third-order valence-corrected chi connectivity index (χ3v) is 7.41. The van der Waals surface area contributed by atoms with Gasteiger partial charge >= 0.3 is 0 Å². The zero-order chi connectivity index (χ0) is 24.4. The van der Waals surface area contributed by atoms with Gasteiger partial charge in [0.2, 0.25) is 0 Å². The van der Waals surface area contributed by atoms with Gasteiger partial charge in [0.05, 0.1) is 32.2 Å². The van der Waals surface area contributed by atoms with Gasteiger partial charge < -0.3 is 9.47 Å². The first kappa shape index (κ1) is 25.0. The molecule has 174 valence electrons. The van der Waals surface area contributed by atoms with E-state index in [2.05, 4.69) is 15.9 Å². The van der Waals surface area contributed by atoms with Gasteiger partial charge in [-0.2, -0.15) is 0 Å². The van der Waals surface area contributed by atoms with E-state index in [9.17, 15) is 9.18 Å². The van der Waals surface area contributed by atoms with E-state index in [-0.39, 0.29) is 18.3 Å². The summed E-state index contributed by atoms with van der Waals surface area (Å²) in [7, 11) is 1.52. The molecule has 3 aromatic rings. The van der Waals surface area contributed by atoms with Crippen molar-refractivity contribution in [3.8, 4) is 11.5 Å². The van der Waals surface area contributed by atoms with Crippen LogP contribution in [-0.2, 0) is 11.4 Å². The van der Waals surface area contributed by atoms with Gasteiger partial charge in [-0.05, 0) is 75.6 Å². The Morgan fingerprint density at radius 3 is 2.65 bits per heavy atom. The van der Waals surface area contributed by atoms with Gasteiger partial charge in [0, 0.05) is 0 Å². The Morgan fingerprint density at radius 2 is 1.94 bits per heavy atom. The first-order valence-corrected chi connectivity index (χ1v) is 12.5. The van der Waals surface area contributed by atoms with Gasteiger partial charge in [0.25, 0.3) is 5.91 Å². The van der Waals surface area contributed by atoms with Crippen LogP contribution in [0.1, 0.15) is 11.1 Å². The van der Waals surface area contributed by atoms with Crippen LogP contribution in [0.5, 0.6) is 11.5 Å². The van der Waals surface area contributed by atoms with Gasteiger partial charge in [-0.1, -0.05) is 59.3 Å². The van der Waals surface area contributed by atoms with Crippen molar-refractivity contribution in [1.29, 1.82) is 0 Å². The van der Waals surface area contributed by atoms with Crippen LogP contribution in [0.15, 0.2) is 64.0 Å². The van der Waals surface area contributed by atoms with Crippen LogP contribution in [0.3, 0.4) is 0 Å². The molecule has 0 atom stereocenters. The number of carbonyl (C=O) groups excluding carboxylic acids is 1. The molecule has 34 heavy (non-hydrogen) atoms. The molecule has 10 heteroatoms. The lowest BCUT2D eigenvalue weighted by Gasteiger charge is -2.15. The van der Waals surface area contributed by atoms with E-state index < -0.39 is 0 Å². The van der Waals surface area contributed by atoms with Crippen molar-refractivity contribution in [3.05, 3.63) is 91.0 Å². The van der Waals surface area contributed by atoms with E-state index in [1.54, 1.807) is 48.5 Å². The van der Waals surface area contributed by atoms with Crippen LogP contribution in [0, 0.1) is 5.82 Å². The third kappa shape index (κ3) is 5.42. The van der Waals surface area contributed by atoms with Crippen LogP contribution in [0.25, 0.3) is 6.08 Å². The van der Waals surface area contributed by atoms with Gasteiger partial charge in [-0.3, -0.25) is 9.69 Å². The smallest absolute Gasteiger partial charge is 0.270 e. The molecular formula is C24H15BrCl2FNO3S2. The molecule has 4 rings (SSSR count). The maximum absolute atomic E-state index is 13.4. The monoisotopic (exact) mass is 597 g/mol. The van der Waals surface area contributed by atoms with Crippen LogP contribution >= 0.6 is 63.1 Å². The second-order valence-electron chi connectivity index (χ2n) is 7.07. The lowest BCUT2D eigenvalue weighted by molar-refractivity contribution is -0.113. The van der Waals surface area contributed by atoms with Crippen molar-refractivity contribution in [2.75, 3.05) is 12.0 Å². The number of benzene rings is 3. The van der Waals surface area contributed by atoms with Crippen molar-refractivity contribution in [2.45, 2.75) is 6.61 Å². The fourth-order valence-electron chi connectivity index (χ4n) is 3.21. The van der Waals surface area contributed by atoms with E-state index in [4.69, 9.17) is 44.9 Å². The number of carbonyl (C=O) groups is 1. The highest BCUT2D eigenvalue weighted by Gasteiger charge is 2.33. The summed E-state index contributed by atoms with van der Waals surface area (Å²) < 4.78 is 25.8. The Kier molecular flexibility index (Phi) is 7.84. The Hall–Kier alpha value is -2.10. The maximum Gasteiger partial charge on any atom is 0.270 e. The average Bonchev–Trinajstić information content (AvgIpc) is 3.07. The van der Waals surface area contributed by atoms with E-state index in [0.29, 0.717) is 52.1 Å². The Morgan fingerprint density at radius 1 is 1.15 bits per heavy atom. The lowest BCUT2D eigenvalue weighted by Crippen LogP contribution is -2.27. The molecule has 0 spiro atoms. The van der Waals surface area contributed by atoms with E-state index in [0.717, 1.165) is 0 Å². The fraction of sp³-hybridized carbons (Fsp3) is 0.0833. The summed E-state index contributed by atoms with van der Waals surface area (Å²) in [6.07, 6.45) is 1.72. The molecule has 0 bridgehead atoms. The Labute approximate surface area is 223 Å². The predicted molar refractivity (Wildman–Crippen MR) is 144 cm³/mol. The van der Waals surface area contributed by atoms with Crippen LogP contribution in [0.2, 0.25) is 10.0 Å². The molecule has 0 N–H and O–H groups in total. The highest BCUT2D eigenvalue weighted by atomic mass is 79.9. The third-order valence-electron chi connectivity index (χ3n) is 4.78. The topological polar surface area (TPSA) is 38.8 Å². The summed E-state index contributed by atoms with van der Waals surface area (Å²) in [5, 5.41) is 0.725. The number of halogens is 4. The number of hydrogen-bond acceptors (Lipinski definition) is 5. The van der Waals surface area contributed by atoms with E-state index >= 15 is 0 Å². The molecule has 4 nitrogen and oxygen atoms in total. The molecule has 0 radical (unpaired) electrons. The van der Waals surface area contributed by atoms with E-state index in [1.165, 1.54) is 35.9 Å². The molecule has 1 heterocycles. The summed E-state index contributed by atoms with van der Waals surface area (Å²) in [4.78, 5) is 14.9. The summed E-state index contributed by atoms with van der Waals surface area (Å²) in [6.45, 7) is 0.161. The van der Waals surface area contributed by atoms with Gasteiger partial charge in [-0.25, -0.2) is 4.39 Å². The Bertz CT molecular complexity index is 1340. The number of thioether (sulfide) groups is 1. The summed E-state index contributed by atoms with van der Waals surface area (Å²) in [6, 6.07) is 14.6. The molecule has 1 saturated heterocycles. The van der Waals surface area contributed by atoms with Gasteiger partial charge in [0.1, 0.15) is 12.4 Å². The number of ether oxygens (including phenoxy) is 2. The zero-order valence-corrected chi connectivity index (χ0v) is 22.2. The number of amides is 1. The first-order chi connectivity index (χ1) is 16.3. The first-order valence-electron chi connectivity index (χ1n) is 9.74. The highest BCUT2D eigenvalue weighted by Crippen LogP contribution is 2.41. The summed E-state index contributed by atoms with van der Waals surface area (Å²) in [5.41, 5.74) is 1.93. The normalized spacial score (nSPS) is 14.7. The fourth-order valence-corrected chi connectivity index (χ4v) is 5.38. The number of methoxy groups -OCH3 is 1. The number of thiocarbonyl (C=S) groups is 1. The number of hydrogen-bond donors (Lipinski definition) is 0. The molecule has 1 aliphatic rings. The van der Waals surface area contributed by atoms with Crippen molar-refractivity contribution >= 4 is 85.1 Å². The molecule has 0 saturated carbocycles. The molecule has 0 aliphatic carbocycles. The largest absolute Gasteiger partial charge is 0.493 e. The number of rotatable bonds is 6. The van der Waals surface area contributed by atoms with Crippen LogP contribution < -0.4 is 14.4 Å². The minimum Gasteiger partial charge on any atom is -0.493 e. The molecule has 1 aliphatic heterocycles. The maximum atomic E-state index is 13.4. The predicted octanol–water partition coefficient (Wildman–Crippen LogP) is 7.89. The van der Waals surface area contributed by atoms with Crippen LogP contribution in [-0.4, -0.2) is 17.3 Å². The molecular weight excluding hydrogens is 584 g/mol. The number of anilines is 1. The second-order valence-corrected chi connectivity index (χ2v) is 10.4. The Balaban J connectivity index is 1.59.